The predicted octanol–water partition coefficient (Wildman–Crippen LogP) is 4.06. The third kappa shape index (κ3) is 3.58. The maximum Gasteiger partial charge on any atom is 0.165 e. The van der Waals surface area contributed by atoms with Gasteiger partial charge < -0.3 is 14.8 Å². The van der Waals surface area contributed by atoms with Crippen molar-refractivity contribution in [1.29, 1.82) is 0 Å². The quantitative estimate of drug-likeness (QED) is 0.817. The molecule has 0 amide bonds. The lowest BCUT2D eigenvalue weighted by Crippen LogP contribution is -2.05. The van der Waals surface area contributed by atoms with Crippen molar-refractivity contribution in [1.82, 2.24) is 4.98 Å². The summed E-state index contributed by atoms with van der Waals surface area (Å²) in [6, 6.07) is 7.76. The lowest BCUT2D eigenvalue weighted by molar-refractivity contribution is 0.309. The third-order valence-corrected chi connectivity index (χ3v) is 3.42. The van der Waals surface area contributed by atoms with E-state index in [1.54, 1.807) is 13.3 Å². The summed E-state index contributed by atoms with van der Waals surface area (Å²) < 4.78 is 11.0. The highest BCUT2D eigenvalue weighted by Crippen LogP contribution is 2.32. The number of nitrogens with zero attached hydrogens (tertiary/aromatic N) is 1. The molecule has 1 aromatic heterocycles. The van der Waals surface area contributed by atoms with Crippen LogP contribution in [0, 0.1) is 6.92 Å². The molecule has 1 N–H and O–H groups in total. The number of hydrogen-bond acceptors (Lipinski definition) is 4. The Hall–Kier alpha value is -1.94. The van der Waals surface area contributed by atoms with Crippen LogP contribution in [0.4, 0.5) is 5.69 Å². The maximum absolute atomic E-state index is 6.12. The molecular formula is C16H19ClN2O2. The molecule has 0 aliphatic rings. The largest absolute Gasteiger partial charge is 0.493 e. The van der Waals surface area contributed by atoms with Crippen LogP contribution >= 0.6 is 11.6 Å². The van der Waals surface area contributed by atoms with E-state index in [0.29, 0.717) is 18.3 Å². The van der Waals surface area contributed by atoms with Gasteiger partial charge in [0, 0.05) is 18.3 Å². The molecule has 0 saturated heterocycles. The van der Waals surface area contributed by atoms with Crippen molar-refractivity contribution >= 4 is 17.3 Å². The highest BCUT2D eigenvalue weighted by Gasteiger charge is 2.11. The van der Waals surface area contributed by atoms with Gasteiger partial charge in [-0.15, -0.1) is 0 Å². The number of aromatic nitrogens is 1. The molecule has 5 heteroatoms. The number of anilines is 1. The van der Waals surface area contributed by atoms with Crippen molar-refractivity contribution in [2.24, 2.45) is 0 Å². The molecule has 21 heavy (non-hydrogen) atoms. The van der Waals surface area contributed by atoms with Gasteiger partial charge in [-0.25, -0.2) is 4.98 Å². The summed E-state index contributed by atoms with van der Waals surface area (Å²) in [5.74, 6) is 1.48. The van der Waals surface area contributed by atoms with Crippen LogP contribution < -0.4 is 14.8 Å². The molecule has 0 aliphatic heterocycles. The molecule has 0 unspecified atom stereocenters. The molecular weight excluding hydrogens is 288 g/mol. The van der Waals surface area contributed by atoms with Crippen LogP contribution in [0.25, 0.3) is 0 Å². The highest BCUT2D eigenvalue weighted by atomic mass is 35.5. The van der Waals surface area contributed by atoms with Gasteiger partial charge in [0.15, 0.2) is 16.7 Å². The van der Waals surface area contributed by atoms with E-state index in [1.807, 2.05) is 38.1 Å². The van der Waals surface area contributed by atoms with Crippen molar-refractivity contribution in [3.8, 4) is 11.5 Å². The number of benzene rings is 1. The topological polar surface area (TPSA) is 43.4 Å². The fraction of sp³-hybridized carbons (Fsp3) is 0.312. The van der Waals surface area contributed by atoms with Crippen molar-refractivity contribution < 1.29 is 9.47 Å². The Kier molecular flexibility index (Phi) is 5.28. The number of ether oxygens (including phenoxy) is 2. The second kappa shape index (κ2) is 7.18. The van der Waals surface area contributed by atoms with Gasteiger partial charge in [-0.2, -0.15) is 0 Å². The number of halogens is 1. The zero-order chi connectivity index (χ0) is 15.2. The summed E-state index contributed by atoms with van der Waals surface area (Å²) >= 11 is 6.12. The van der Waals surface area contributed by atoms with E-state index < -0.39 is 0 Å². The first-order valence-electron chi connectivity index (χ1n) is 6.81. The molecule has 0 aliphatic carbocycles. The number of hydrogen-bond donors (Lipinski definition) is 1. The minimum Gasteiger partial charge on any atom is -0.493 e. The number of aryl methyl sites for hydroxylation is 1. The van der Waals surface area contributed by atoms with Crippen LogP contribution in [0.3, 0.4) is 0 Å². The molecule has 0 fully saturated rings. The van der Waals surface area contributed by atoms with E-state index in [0.717, 1.165) is 28.3 Å². The van der Waals surface area contributed by atoms with Crippen LogP contribution in [0.2, 0.25) is 5.15 Å². The minimum absolute atomic E-state index is 0.468. The molecule has 112 valence electrons. The third-order valence-electron chi connectivity index (χ3n) is 3.13. The molecule has 0 radical (unpaired) electrons. The molecule has 0 bridgehead atoms. The zero-order valence-corrected chi connectivity index (χ0v) is 13.2. The summed E-state index contributed by atoms with van der Waals surface area (Å²) in [5, 5.41) is 3.78. The lowest BCUT2D eigenvalue weighted by atomic mass is 10.1. The van der Waals surface area contributed by atoms with Crippen LogP contribution in [-0.4, -0.2) is 18.7 Å². The van der Waals surface area contributed by atoms with Gasteiger partial charge in [-0.05, 0) is 31.5 Å². The molecule has 1 heterocycles. The Bertz CT molecular complexity index is 597. The molecule has 0 saturated carbocycles. The van der Waals surface area contributed by atoms with Gasteiger partial charge in [-0.1, -0.05) is 23.7 Å². The number of nitrogens with one attached hydrogen (secondary N) is 1. The van der Waals surface area contributed by atoms with Gasteiger partial charge in [0.25, 0.3) is 0 Å². The highest BCUT2D eigenvalue weighted by molar-refractivity contribution is 6.32. The zero-order valence-electron chi connectivity index (χ0n) is 12.4. The van der Waals surface area contributed by atoms with Gasteiger partial charge in [0.2, 0.25) is 0 Å². The second-order valence-electron chi connectivity index (χ2n) is 4.53. The lowest BCUT2D eigenvalue weighted by Gasteiger charge is -2.15. The first-order valence-corrected chi connectivity index (χ1v) is 7.18. The Morgan fingerprint density at radius 1 is 1.29 bits per heavy atom. The smallest absolute Gasteiger partial charge is 0.165 e. The standard InChI is InChI=1S/C16H19ClN2O2/c1-4-21-13-7-5-6-12(15(13)20-3)10-19-14-11(2)8-9-18-16(14)17/h5-9,19H,4,10H2,1-3H3. The average molecular weight is 307 g/mol. The van der Waals surface area contributed by atoms with Gasteiger partial charge in [-0.3, -0.25) is 0 Å². The number of pyridine rings is 1. The first-order chi connectivity index (χ1) is 10.2. The number of para-hydroxylation sites is 1. The minimum atomic E-state index is 0.468. The SMILES string of the molecule is CCOc1cccc(CNc2c(C)ccnc2Cl)c1OC. The van der Waals surface area contributed by atoms with E-state index in [1.165, 1.54) is 0 Å². The van der Waals surface area contributed by atoms with Crippen LogP contribution in [0.15, 0.2) is 30.5 Å². The Morgan fingerprint density at radius 2 is 2.10 bits per heavy atom. The molecule has 2 rings (SSSR count). The van der Waals surface area contributed by atoms with E-state index in [9.17, 15) is 0 Å². The van der Waals surface area contributed by atoms with Gasteiger partial charge in [0.1, 0.15) is 0 Å². The van der Waals surface area contributed by atoms with Gasteiger partial charge in [0.05, 0.1) is 19.4 Å². The van der Waals surface area contributed by atoms with E-state index in [-0.39, 0.29) is 0 Å². The van der Waals surface area contributed by atoms with Crippen molar-refractivity contribution in [3.05, 3.63) is 46.7 Å². The van der Waals surface area contributed by atoms with E-state index in [4.69, 9.17) is 21.1 Å². The normalized spacial score (nSPS) is 10.3. The Balaban J connectivity index is 2.22. The fourth-order valence-corrected chi connectivity index (χ4v) is 2.39. The molecule has 1 aromatic carbocycles. The van der Waals surface area contributed by atoms with Crippen molar-refractivity contribution in [3.63, 3.8) is 0 Å². The predicted molar refractivity (Wildman–Crippen MR) is 85.5 cm³/mol. The second-order valence-corrected chi connectivity index (χ2v) is 4.89. The Morgan fingerprint density at radius 3 is 2.76 bits per heavy atom. The molecule has 0 spiro atoms. The summed E-state index contributed by atoms with van der Waals surface area (Å²) in [4.78, 5) is 4.09. The maximum atomic E-state index is 6.12. The van der Waals surface area contributed by atoms with Crippen LogP contribution in [0.1, 0.15) is 18.1 Å². The number of rotatable bonds is 6. The summed E-state index contributed by atoms with van der Waals surface area (Å²) in [5.41, 5.74) is 2.89. The summed E-state index contributed by atoms with van der Waals surface area (Å²) in [6.45, 7) is 5.12. The average Bonchev–Trinajstić information content (AvgIpc) is 2.47. The van der Waals surface area contributed by atoms with Gasteiger partial charge >= 0.3 is 0 Å². The van der Waals surface area contributed by atoms with Crippen molar-refractivity contribution in [2.45, 2.75) is 20.4 Å². The van der Waals surface area contributed by atoms with Crippen LogP contribution in [0.5, 0.6) is 11.5 Å². The molecule has 0 atom stereocenters. The first kappa shape index (κ1) is 15.4. The van der Waals surface area contributed by atoms with E-state index >= 15 is 0 Å². The Labute approximate surface area is 130 Å². The summed E-state index contributed by atoms with van der Waals surface area (Å²) in [7, 11) is 1.64. The van der Waals surface area contributed by atoms with Crippen molar-refractivity contribution in [2.75, 3.05) is 19.0 Å². The number of methoxy groups -OCH3 is 1. The van der Waals surface area contributed by atoms with Crippen LogP contribution in [-0.2, 0) is 6.54 Å². The van der Waals surface area contributed by atoms with E-state index in [2.05, 4.69) is 10.3 Å². The molecule has 2 aromatic rings. The monoisotopic (exact) mass is 306 g/mol. The fourth-order valence-electron chi connectivity index (χ4n) is 2.12. The molecule has 4 nitrogen and oxygen atoms in total. The summed E-state index contributed by atoms with van der Waals surface area (Å²) in [6.07, 6.45) is 1.69.